The van der Waals surface area contributed by atoms with Gasteiger partial charge in [-0.15, -0.1) is 0 Å². The molecule has 0 aliphatic heterocycles. The van der Waals surface area contributed by atoms with Crippen molar-refractivity contribution in [1.82, 2.24) is 0 Å². The Morgan fingerprint density at radius 3 is 2.11 bits per heavy atom. The van der Waals surface area contributed by atoms with Crippen LogP contribution in [0.25, 0.3) is 11.1 Å². The van der Waals surface area contributed by atoms with Crippen LogP contribution in [-0.2, 0) is 0 Å². The smallest absolute Gasteiger partial charge is 0.165 e. The zero-order valence-corrected chi connectivity index (χ0v) is 11.1. The van der Waals surface area contributed by atoms with Crippen molar-refractivity contribution in [1.29, 1.82) is 0 Å². The van der Waals surface area contributed by atoms with Crippen LogP contribution in [0.2, 0.25) is 0 Å². The molecular formula is C15H16O4. The van der Waals surface area contributed by atoms with Gasteiger partial charge in [-0.3, -0.25) is 0 Å². The second-order valence-electron chi connectivity index (χ2n) is 3.93. The van der Waals surface area contributed by atoms with E-state index in [1.54, 1.807) is 26.4 Å². The maximum absolute atomic E-state index is 10.1. The molecule has 19 heavy (non-hydrogen) atoms. The van der Waals surface area contributed by atoms with Gasteiger partial charge in [0, 0.05) is 5.56 Å². The first-order chi connectivity index (χ1) is 9.21. The highest BCUT2D eigenvalue weighted by Crippen LogP contribution is 2.39. The lowest BCUT2D eigenvalue weighted by Crippen LogP contribution is -1.91. The van der Waals surface area contributed by atoms with Gasteiger partial charge in [-0.25, -0.2) is 0 Å². The van der Waals surface area contributed by atoms with Crippen molar-refractivity contribution in [2.75, 3.05) is 21.3 Å². The minimum Gasteiger partial charge on any atom is -0.504 e. The van der Waals surface area contributed by atoms with E-state index in [4.69, 9.17) is 14.2 Å². The Morgan fingerprint density at radius 1 is 0.789 bits per heavy atom. The average molecular weight is 260 g/mol. The number of methoxy groups -OCH3 is 3. The highest BCUT2D eigenvalue weighted by molar-refractivity contribution is 5.75. The van der Waals surface area contributed by atoms with Gasteiger partial charge in [-0.05, 0) is 23.8 Å². The van der Waals surface area contributed by atoms with Gasteiger partial charge >= 0.3 is 0 Å². The van der Waals surface area contributed by atoms with Crippen LogP contribution in [0.1, 0.15) is 0 Å². The predicted molar refractivity (Wildman–Crippen MR) is 73.2 cm³/mol. The number of hydrogen-bond donors (Lipinski definition) is 1. The largest absolute Gasteiger partial charge is 0.504 e. The number of para-hydroxylation sites is 1. The first-order valence-electron chi connectivity index (χ1n) is 5.79. The minimum absolute atomic E-state index is 0.109. The van der Waals surface area contributed by atoms with Gasteiger partial charge in [-0.1, -0.05) is 18.2 Å². The minimum atomic E-state index is 0.109. The molecule has 4 nitrogen and oxygen atoms in total. The quantitative estimate of drug-likeness (QED) is 0.917. The molecule has 0 bridgehead atoms. The van der Waals surface area contributed by atoms with Crippen molar-refractivity contribution in [2.24, 2.45) is 0 Å². The Labute approximate surface area is 112 Å². The van der Waals surface area contributed by atoms with Gasteiger partial charge in [0.1, 0.15) is 0 Å². The molecule has 2 aromatic rings. The van der Waals surface area contributed by atoms with E-state index in [0.717, 1.165) is 5.56 Å². The zero-order valence-electron chi connectivity index (χ0n) is 11.1. The Morgan fingerprint density at radius 2 is 1.47 bits per heavy atom. The first-order valence-corrected chi connectivity index (χ1v) is 5.79. The molecule has 0 fully saturated rings. The van der Waals surface area contributed by atoms with E-state index in [1.807, 2.05) is 24.3 Å². The highest BCUT2D eigenvalue weighted by Gasteiger charge is 2.12. The van der Waals surface area contributed by atoms with E-state index >= 15 is 0 Å². The van der Waals surface area contributed by atoms with E-state index in [-0.39, 0.29) is 5.75 Å². The summed E-state index contributed by atoms with van der Waals surface area (Å²) in [6, 6.07) is 10.8. The topological polar surface area (TPSA) is 47.9 Å². The first kappa shape index (κ1) is 13.1. The summed E-state index contributed by atoms with van der Waals surface area (Å²) in [7, 11) is 4.68. The maximum atomic E-state index is 10.1. The number of phenolic OH excluding ortho intramolecular Hbond substituents is 1. The molecule has 2 rings (SSSR count). The number of benzene rings is 2. The van der Waals surface area contributed by atoms with Gasteiger partial charge in [0.25, 0.3) is 0 Å². The fourth-order valence-electron chi connectivity index (χ4n) is 1.92. The van der Waals surface area contributed by atoms with E-state index < -0.39 is 0 Å². The summed E-state index contributed by atoms with van der Waals surface area (Å²) in [4.78, 5) is 0. The molecule has 0 amide bonds. The second-order valence-corrected chi connectivity index (χ2v) is 3.93. The molecule has 4 heteroatoms. The lowest BCUT2D eigenvalue weighted by atomic mass is 10.0. The van der Waals surface area contributed by atoms with E-state index in [9.17, 15) is 5.11 Å². The number of ether oxygens (including phenoxy) is 3. The maximum Gasteiger partial charge on any atom is 0.165 e. The van der Waals surface area contributed by atoms with Crippen LogP contribution in [0.5, 0.6) is 23.0 Å². The lowest BCUT2D eigenvalue weighted by molar-refractivity contribution is 0.355. The lowest BCUT2D eigenvalue weighted by Gasteiger charge is -2.12. The molecule has 0 aliphatic carbocycles. The molecule has 0 unspecified atom stereocenters. The monoisotopic (exact) mass is 260 g/mol. The Kier molecular flexibility index (Phi) is 3.80. The predicted octanol–water partition coefficient (Wildman–Crippen LogP) is 3.09. The van der Waals surface area contributed by atoms with Crippen LogP contribution in [-0.4, -0.2) is 26.4 Å². The molecule has 0 saturated carbocycles. The van der Waals surface area contributed by atoms with E-state index in [2.05, 4.69) is 0 Å². The summed E-state index contributed by atoms with van der Waals surface area (Å²) in [5.74, 6) is 1.81. The van der Waals surface area contributed by atoms with Crippen LogP contribution in [0.3, 0.4) is 0 Å². The third kappa shape index (κ3) is 2.42. The molecule has 2 aromatic carbocycles. The van der Waals surface area contributed by atoms with E-state index in [1.165, 1.54) is 7.11 Å². The second kappa shape index (κ2) is 5.52. The van der Waals surface area contributed by atoms with Gasteiger partial charge in [-0.2, -0.15) is 0 Å². The molecule has 100 valence electrons. The number of rotatable bonds is 4. The van der Waals surface area contributed by atoms with Crippen molar-refractivity contribution < 1.29 is 19.3 Å². The number of aromatic hydroxyl groups is 1. The van der Waals surface area contributed by atoms with Gasteiger partial charge in [0.15, 0.2) is 23.0 Å². The van der Waals surface area contributed by atoms with Gasteiger partial charge in [0.05, 0.1) is 21.3 Å². The molecule has 0 atom stereocenters. The fraction of sp³-hybridized carbons (Fsp3) is 0.200. The van der Waals surface area contributed by atoms with Crippen LogP contribution in [0.4, 0.5) is 0 Å². The van der Waals surface area contributed by atoms with Crippen molar-refractivity contribution >= 4 is 0 Å². The Hall–Kier alpha value is -2.36. The summed E-state index contributed by atoms with van der Waals surface area (Å²) in [6.45, 7) is 0. The van der Waals surface area contributed by atoms with Crippen molar-refractivity contribution in [3.05, 3.63) is 36.4 Å². The zero-order chi connectivity index (χ0) is 13.8. The average Bonchev–Trinajstić information content (AvgIpc) is 2.46. The van der Waals surface area contributed by atoms with Gasteiger partial charge in [0.2, 0.25) is 0 Å². The number of hydrogen-bond acceptors (Lipinski definition) is 4. The SMILES string of the molecule is COc1ccc(-c2cccc(OC)c2O)cc1OC. The standard InChI is InChI=1S/C15H16O4/c1-17-12-8-7-10(9-14(12)19-3)11-5-4-6-13(18-2)15(11)16/h4-9,16H,1-3H3. The molecule has 0 radical (unpaired) electrons. The molecule has 0 spiro atoms. The van der Waals surface area contributed by atoms with E-state index in [0.29, 0.717) is 22.8 Å². The van der Waals surface area contributed by atoms with Crippen LogP contribution in [0.15, 0.2) is 36.4 Å². The Balaban J connectivity index is 2.53. The van der Waals surface area contributed by atoms with Crippen LogP contribution in [0, 0.1) is 0 Å². The Bertz CT molecular complexity index is 578. The fourth-order valence-corrected chi connectivity index (χ4v) is 1.92. The normalized spacial score (nSPS) is 10.1. The van der Waals surface area contributed by atoms with Crippen LogP contribution < -0.4 is 14.2 Å². The van der Waals surface area contributed by atoms with Crippen molar-refractivity contribution in [3.8, 4) is 34.1 Å². The van der Waals surface area contributed by atoms with Crippen molar-refractivity contribution in [2.45, 2.75) is 0 Å². The molecule has 0 heterocycles. The van der Waals surface area contributed by atoms with Gasteiger partial charge < -0.3 is 19.3 Å². The summed E-state index contributed by atoms with van der Waals surface area (Å²) in [6.07, 6.45) is 0. The summed E-state index contributed by atoms with van der Waals surface area (Å²) < 4.78 is 15.5. The summed E-state index contributed by atoms with van der Waals surface area (Å²) in [5, 5.41) is 10.1. The van der Waals surface area contributed by atoms with Crippen LogP contribution >= 0.6 is 0 Å². The molecule has 1 N–H and O–H groups in total. The van der Waals surface area contributed by atoms with Crippen molar-refractivity contribution in [3.63, 3.8) is 0 Å². The highest BCUT2D eigenvalue weighted by atomic mass is 16.5. The third-order valence-electron chi connectivity index (χ3n) is 2.91. The molecule has 0 aromatic heterocycles. The molecular weight excluding hydrogens is 244 g/mol. The summed E-state index contributed by atoms with van der Waals surface area (Å²) >= 11 is 0. The summed E-state index contributed by atoms with van der Waals surface area (Å²) in [5.41, 5.74) is 1.51. The molecule has 0 saturated heterocycles. The number of phenols is 1. The molecule has 0 aliphatic rings. The third-order valence-corrected chi connectivity index (χ3v) is 2.91.